The number of piperidine rings is 1. The molecule has 2 aromatic heterocycles. The molecule has 1 aliphatic rings. The van der Waals surface area contributed by atoms with Gasteiger partial charge in [-0.1, -0.05) is 6.07 Å². The Kier molecular flexibility index (Phi) is 4.62. The maximum absolute atomic E-state index is 13.8. The first-order valence-corrected chi connectivity index (χ1v) is 8.67. The number of alkyl halides is 1. The highest BCUT2D eigenvalue weighted by molar-refractivity contribution is 6.07. The number of aromatic nitrogens is 3. The van der Waals surface area contributed by atoms with E-state index in [9.17, 15) is 13.6 Å². The van der Waals surface area contributed by atoms with E-state index in [2.05, 4.69) is 20.3 Å². The minimum absolute atomic E-state index is 0.0842. The van der Waals surface area contributed by atoms with Crippen LogP contribution in [0.5, 0.6) is 0 Å². The lowest BCUT2D eigenvalue weighted by Gasteiger charge is -2.29. The van der Waals surface area contributed by atoms with Crippen LogP contribution in [0.4, 0.5) is 20.3 Å². The molecule has 138 valence electrons. The number of carbonyl (C=O) groups is 1. The Balaban J connectivity index is 1.54. The Hall–Kier alpha value is -3.16. The second-order valence-corrected chi connectivity index (χ2v) is 6.43. The van der Waals surface area contributed by atoms with E-state index in [1.807, 2.05) is 4.90 Å². The number of rotatable bonds is 3. The van der Waals surface area contributed by atoms with Gasteiger partial charge < -0.3 is 10.2 Å². The molecule has 0 bridgehead atoms. The van der Waals surface area contributed by atoms with E-state index in [4.69, 9.17) is 0 Å². The fourth-order valence-corrected chi connectivity index (χ4v) is 3.17. The van der Waals surface area contributed by atoms with Crippen LogP contribution in [0.1, 0.15) is 23.3 Å². The largest absolute Gasteiger partial charge is 0.352 e. The summed E-state index contributed by atoms with van der Waals surface area (Å²) in [4.78, 5) is 26.8. The molecule has 8 heteroatoms. The van der Waals surface area contributed by atoms with Gasteiger partial charge in [0, 0.05) is 18.1 Å². The number of amides is 1. The first kappa shape index (κ1) is 17.3. The molecular formula is C19H17F2N5O. The Morgan fingerprint density at radius 1 is 1.22 bits per heavy atom. The quantitative estimate of drug-likeness (QED) is 0.767. The number of hydrogen-bond donors (Lipinski definition) is 1. The van der Waals surface area contributed by atoms with E-state index in [1.54, 1.807) is 18.3 Å². The molecule has 1 aliphatic heterocycles. The zero-order chi connectivity index (χ0) is 18.8. The molecule has 27 heavy (non-hydrogen) atoms. The third kappa shape index (κ3) is 3.69. The number of pyridine rings is 1. The van der Waals surface area contributed by atoms with E-state index in [1.165, 1.54) is 24.5 Å². The molecule has 1 amide bonds. The Morgan fingerprint density at radius 2 is 2.11 bits per heavy atom. The summed E-state index contributed by atoms with van der Waals surface area (Å²) in [5, 5.41) is 3.21. The molecule has 6 nitrogen and oxygen atoms in total. The van der Waals surface area contributed by atoms with E-state index in [-0.39, 0.29) is 17.9 Å². The topological polar surface area (TPSA) is 71.0 Å². The van der Waals surface area contributed by atoms with Gasteiger partial charge in [-0.2, -0.15) is 0 Å². The lowest BCUT2D eigenvalue weighted by molar-refractivity contribution is 0.102. The summed E-state index contributed by atoms with van der Waals surface area (Å²) in [6.45, 7) is 0.989. The molecule has 1 N–H and O–H groups in total. The average molecular weight is 369 g/mol. The van der Waals surface area contributed by atoms with Crippen LogP contribution in [-0.2, 0) is 0 Å². The van der Waals surface area contributed by atoms with Crippen LogP contribution in [-0.4, -0.2) is 40.1 Å². The SMILES string of the molecule is O=C(Nc1cc(F)cc2cccnc12)c1cnc(N2CCCC(F)C2)cn1. The Labute approximate surface area is 154 Å². The fourth-order valence-electron chi connectivity index (χ4n) is 3.17. The molecule has 3 aromatic rings. The highest BCUT2D eigenvalue weighted by Crippen LogP contribution is 2.23. The van der Waals surface area contributed by atoms with Gasteiger partial charge in [-0.05, 0) is 31.0 Å². The molecule has 1 unspecified atom stereocenters. The summed E-state index contributed by atoms with van der Waals surface area (Å²) >= 11 is 0. The van der Waals surface area contributed by atoms with Crippen molar-refractivity contribution in [1.29, 1.82) is 0 Å². The molecule has 0 spiro atoms. The van der Waals surface area contributed by atoms with E-state index in [0.29, 0.717) is 29.7 Å². The van der Waals surface area contributed by atoms with Gasteiger partial charge in [-0.25, -0.2) is 18.7 Å². The van der Waals surface area contributed by atoms with Gasteiger partial charge in [0.2, 0.25) is 0 Å². The monoisotopic (exact) mass is 369 g/mol. The third-order valence-corrected chi connectivity index (χ3v) is 4.48. The standard InChI is InChI=1S/C19H17F2N5O/c20-13-4-2-6-26(11-13)17-10-23-16(9-24-17)19(27)25-15-8-14(21)7-12-3-1-5-22-18(12)15/h1,3,5,7-10,13H,2,4,6,11H2,(H,25,27). The first-order chi connectivity index (χ1) is 13.1. The minimum Gasteiger partial charge on any atom is -0.352 e. The van der Waals surface area contributed by atoms with Crippen molar-refractivity contribution in [2.75, 3.05) is 23.3 Å². The second kappa shape index (κ2) is 7.22. The zero-order valence-corrected chi connectivity index (χ0v) is 14.4. The number of fused-ring (bicyclic) bond motifs is 1. The van der Waals surface area contributed by atoms with Crippen LogP contribution in [0, 0.1) is 5.82 Å². The summed E-state index contributed by atoms with van der Waals surface area (Å²) in [6, 6.07) is 5.97. The number of nitrogens with zero attached hydrogens (tertiary/aromatic N) is 4. The van der Waals surface area contributed by atoms with Crippen LogP contribution < -0.4 is 10.2 Å². The molecule has 1 aromatic carbocycles. The maximum atomic E-state index is 13.8. The van der Waals surface area contributed by atoms with Crippen molar-refractivity contribution in [3.05, 3.63) is 54.4 Å². The summed E-state index contributed by atoms with van der Waals surface area (Å²) in [5.74, 6) is -0.460. The molecular weight excluding hydrogens is 352 g/mol. The van der Waals surface area contributed by atoms with Crippen molar-refractivity contribution in [1.82, 2.24) is 15.0 Å². The Bertz CT molecular complexity index is 980. The van der Waals surface area contributed by atoms with Crippen LogP contribution >= 0.6 is 0 Å². The summed E-state index contributed by atoms with van der Waals surface area (Å²) in [5.41, 5.74) is 0.831. The molecule has 1 atom stereocenters. The Morgan fingerprint density at radius 3 is 2.89 bits per heavy atom. The van der Waals surface area contributed by atoms with Crippen molar-refractivity contribution >= 4 is 28.3 Å². The van der Waals surface area contributed by atoms with Crippen molar-refractivity contribution < 1.29 is 13.6 Å². The van der Waals surface area contributed by atoms with Crippen molar-refractivity contribution in [3.8, 4) is 0 Å². The molecule has 1 saturated heterocycles. The van der Waals surface area contributed by atoms with Crippen LogP contribution in [0.15, 0.2) is 42.9 Å². The van der Waals surface area contributed by atoms with Gasteiger partial charge in [0.15, 0.2) is 0 Å². The van der Waals surface area contributed by atoms with Gasteiger partial charge in [-0.15, -0.1) is 0 Å². The van der Waals surface area contributed by atoms with Gasteiger partial charge in [0.1, 0.15) is 23.5 Å². The normalized spacial score (nSPS) is 17.1. The second-order valence-electron chi connectivity index (χ2n) is 6.43. The third-order valence-electron chi connectivity index (χ3n) is 4.48. The smallest absolute Gasteiger partial charge is 0.275 e. The fraction of sp³-hybridized carbons (Fsp3) is 0.263. The van der Waals surface area contributed by atoms with Gasteiger partial charge in [0.05, 0.1) is 30.1 Å². The van der Waals surface area contributed by atoms with Crippen LogP contribution in [0.2, 0.25) is 0 Å². The first-order valence-electron chi connectivity index (χ1n) is 8.67. The highest BCUT2D eigenvalue weighted by atomic mass is 19.1. The predicted molar refractivity (Wildman–Crippen MR) is 98.0 cm³/mol. The summed E-state index contributed by atoms with van der Waals surface area (Å²) in [7, 11) is 0. The van der Waals surface area contributed by atoms with Crippen molar-refractivity contribution in [2.45, 2.75) is 19.0 Å². The van der Waals surface area contributed by atoms with Crippen LogP contribution in [0.25, 0.3) is 10.9 Å². The number of carbonyl (C=O) groups excluding carboxylic acids is 1. The van der Waals surface area contributed by atoms with Crippen molar-refractivity contribution in [3.63, 3.8) is 0 Å². The number of benzene rings is 1. The average Bonchev–Trinajstić information content (AvgIpc) is 2.68. The van der Waals surface area contributed by atoms with Crippen molar-refractivity contribution in [2.24, 2.45) is 0 Å². The summed E-state index contributed by atoms with van der Waals surface area (Å²) in [6.07, 6.45) is 4.79. The zero-order valence-electron chi connectivity index (χ0n) is 14.4. The molecule has 0 radical (unpaired) electrons. The molecule has 4 rings (SSSR count). The molecule has 0 saturated carbocycles. The lowest BCUT2D eigenvalue weighted by Crippen LogP contribution is -2.37. The van der Waals surface area contributed by atoms with Crippen LogP contribution in [0.3, 0.4) is 0 Å². The number of anilines is 2. The summed E-state index contributed by atoms with van der Waals surface area (Å²) < 4.78 is 27.3. The van der Waals surface area contributed by atoms with E-state index in [0.717, 1.165) is 6.42 Å². The number of nitrogens with one attached hydrogen (secondary N) is 1. The predicted octanol–water partition coefficient (Wildman–Crippen LogP) is 3.35. The number of hydrogen-bond acceptors (Lipinski definition) is 5. The van der Waals surface area contributed by atoms with E-state index >= 15 is 0 Å². The number of halogens is 2. The maximum Gasteiger partial charge on any atom is 0.275 e. The molecule has 0 aliphatic carbocycles. The lowest BCUT2D eigenvalue weighted by atomic mass is 10.1. The minimum atomic E-state index is -0.878. The molecule has 3 heterocycles. The van der Waals surface area contributed by atoms with Gasteiger partial charge in [-0.3, -0.25) is 9.78 Å². The van der Waals surface area contributed by atoms with Gasteiger partial charge in [0.25, 0.3) is 5.91 Å². The highest BCUT2D eigenvalue weighted by Gasteiger charge is 2.21. The van der Waals surface area contributed by atoms with E-state index < -0.39 is 17.9 Å². The van der Waals surface area contributed by atoms with Gasteiger partial charge >= 0.3 is 0 Å². The molecule has 1 fully saturated rings.